The van der Waals surface area contributed by atoms with Gasteiger partial charge in [0.25, 0.3) is 5.91 Å². The third-order valence-electron chi connectivity index (χ3n) is 6.74. The largest absolute Gasteiger partial charge is 0.450 e. The average molecular weight is 569 g/mol. The first-order valence-corrected chi connectivity index (χ1v) is 13.1. The molecule has 5 rings (SSSR count). The quantitative estimate of drug-likeness (QED) is 0.406. The standard InChI is InChI=1S/C26H29FN8O6/c1-2-40-25(38)30-12-18-15-35(26(39)41-18)17-3-4-21(19(27)11-17)32-7-9-33(10-8-32)23(36)14-29-24(37)20-16-34-6-5-28-13-22(34)31-20/h3-6,11,13,16,18H,2,7-10,12,14-15H2,1H3,(H,29,37)(H,30,38). The average Bonchev–Trinajstić information content (AvgIpc) is 3.58. The molecule has 2 aliphatic heterocycles. The molecule has 216 valence electrons. The maximum Gasteiger partial charge on any atom is 0.414 e. The van der Waals surface area contributed by atoms with Crippen LogP contribution in [0.25, 0.3) is 5.65 Å². The van der Waals surface area contributed by atoms with Crippen LogP contribution in [0.2, 0.25) is 0 Å². The summed E-state index contributed by atoms with van der Waals surface area (Å²) in [5.41, 5.74) is 1.39. The van der Waals surface area contributed by atoms with Crippen LogP contribution in [0, 0.1) is 5.82 Å². The summed E-state index contributed by atoms with van der Waals surface area (Å²) in [6.45, 7) is 3.43. The van der Waals surface area contributed by atoms with Gasteiger partial charge in [0, 0.05) is 44.8 Å². The lowest BCUT2D eigenvalue weighted by atomic mass is 10.2. The van der Waals surface area contributed by atoms with Gasteiger partial charge in [-0.2, -0.15) is 0 Å². The molecule has 0 radical (unpaired) electrons. The number of carbonyl (C=O) groups is 4. The highest BCUT2D eigenvalue weighted by Crippen LogP contribution is 2.28. The molecule has 2 N–H and O–H groups in total. The van der Waals surface area contributed by atoms with Crippen molar-refractivity contribution in [3.8, 4) is 0 Å². The molecule has 41 heavy (non-hydrogen) atoms. The van der Waals surface area contributed by atoms with E-state index in [1.807, 2.05) is 4.90 Å². The first-order valence-electron chi connectivity index (χ1n) is 13.1. The number of rotatable bonds is 8. The lowest BCUT2D eigenvalue weighted by molar-refractivity contribution is -0.130. The first-order chi connectivity index (χ1) is 19.8. The molecular weight excluding hydrogens is 539 g/mol. The maximum absolute atomic E-state index is 15.1. The van der Waals surface area contributed by atoms with Crippen LogP contribution in [0.3, 0.4) is 0 Å². The number of nitrogens with one attached hydrogen (secondary N) is 2. The van der Waals surface area contributed by atoms with E-state index in [-0.39, 0.29) is 37.8 Å². The van der Waals surface area contributed by atoms with E-state index in [0.29, 0.717) is 43.2 Å². The summed E-state index contributed by atoms with van der Waals surface area (Å²) >= 11 is 0. The van der Waals surface area contributed by atoms with Crippen molar-refractivity contribution in [3.05, 3.63) is 54.5 Å². The van der Waals surface area contributed by atoms with E-state index in [0.717, 1.165) is 0 Å². The van der Waals surface area contributed by atoms with Gasteiger partial charge in [-0.15, -0.1) is 0 Å². The molecule has 2 saturated heterocycles. The fourth-order valence-electron chi connectivity index (χ4n) is 4.65. The molecule has 1 atom stereocenters. The number of benzene rings is 1. The zero-order valence-corrected chi connectivity index (χ0v) is 22.3. The van der Waals surface area contributed by atoms with Gasteiger partial charge in [0.15, 0.2) is 5.65 Å². The van der Waals surface area contributed by atoms with E-state index < -0.39 is 30.0 Å². The number of halogens is 1. The van der Waals surface area contributed by atoms with E-state index >= 15 is 4.39 Å². The van der Waals surface area contributed by atoms with Crippen molar-refractivity contribution < 1.29 is 33.0 Å². The maximum atomic E-state index is 15.1. The van der Waals surface area contributed by atoms with Crippen LogP contribution < -0.4 is 20.4 Å². The van der Waals surface area contributed by atoms with Crippen LogP contribution >= 0.6 is 0 Å². The number of amides is 4. The van der Waals surface area contributed by atoms with Gasteiger partial charge in [0.2, 0.25) is 5.91 Å². The van der Waals surface area contributed by atoms with Crippen LogP contribution in [0.5, 0.6) is 0 Å². The molecule has 2 fully saturated rings. The van der Waals surface area contributed by atoms with Crippen molar-refractivity contribution in [1.82, 2.24) is 29.9 Å². The molecule has 4 amide bonds. The summed E-state index contributed by atoms with van der Waals surface area (Å²) in [7, 11) is 0. The Morgan fingerprint density at radius 2 is 1.98 bits per heavy atom. The van der Waals surface area contributed by atoms with Crippen molar-refractivity contribution in [2.24, 2.45) is 0 Å². The Hall–Kier alpha value is -4.95. The molecule has 0 bridgehead atoms. The van der Waals surface area contributed by atoms with Crippen molar-refractivity contribution in [1.29, 1.82) is 0 Å². The molecular formula is C26H29FN8O6. The highest BCUT2D eigenvalue weighted by Gasteiger charge is 2.33. The van der Waals surface area contributed by atoms with Gasteiger partial charge in [-0.25, -0.2) is 19.0 Å². The molecule has 4 heterocycles. The normalized spacial score (nSPS) is 17.0. The molecule has 0 spiro atoms. The lowest BCUT2D eigenvalue weighted by Crippen LogP contribution is -2.51. The minimum absolute atomic E-state index is 0.0760. The summed E-state index contributed by atoms with van der Waals surface area (Å²) in [6.07, 6.45) is 4.50. The predicted octanol–water partition coefficient (Wildman–Crippen LogP) is 1.02. The highest BCUT2D eigenvalue weighted by molar-refractivity contribution is 5.95. The van der Waals surface area contributed by atoms with Crippen LogP contribution in [0.15, 0.2) is 43.0 Å². The van der Waals surface area contributed by atoms with E-state index in [1.165, 1.54) is 17.2 Å². The first kappa shape index (κ1) is 27.6. The molecule has 1 unspecified atom stereocenters. The number of carbonyl (C=O) groups excluding carboxylic acids is 4. The fraction of sp³-hybridized carbons (Fsp3) is 0.385. The zero-order valence-electron chi connectivity index (χ0n) is 22.3. The monoisotopic (exact) mass is 568 g/mol. The van der Waals surface area contributed by atoms with Gasteiger partial charge in [0.05, 0.1) is 43.8 Å². The summed E-state index contributed by atoms with van der Waals surface area (Å²) in [6, 6.07) is 4.48. The van der Waals surface area contributed by atoms with Gasteiger partial charge in [0.1, 0.15) is 17.6 Å². The van der Waals surface area contributed by atoms with E-state index in [1.54, 1.807) is 46.9 Å². The van der Waals surface area contributed by atoms with Crippen molar-refractivity contribution in [2.45, 2.75) is 13.0 Å². The molecule has 3 aromatic rings. The van der Waals surface area contributed by atoms with Crippen molar-refractivity contribution in [3.63, 3.8) is 0 Å². The molecule has 14 nitrogen and oxygen atoms in total. The SMILES string of the molecule is CCOC(=O)NCC1CN(c2ccc(N3CCN(C(=O)CNC(=O)c4cn5ccncc5n4)CC3)c(F)c2)C(=O)O1. The van der Waals surface area contributed by atoms with Crippen LogP contribution in [-0.4, -0.2) is 102 Å². The fourth-order valence-corrected chi connectivity index (χ4v) is 4.65. The Morgan fingerprint density at radius 3 is 2.71 bits per heavy atom. The van der Waals surface area contributed by atoms with Gasteiger partial charge in [-0.3, -0.25) is 19.5 Å². The van der Waals surface area contributed by atoms with Gasteiger partial charge in [-0.05, 0) is 25.1 Å². The summed E-state index contributed by atoms with van der Waals surface area (Å²) in [5, 5.41) is 5.12. The van der Waals surface area contributed by atoms with Gasteiger partial charge >= 0.3 is 12.2 Å². The topological polar surface area (TPSA) is 151 Å². The number of piperazine rings is 1. The summed E-state index contributed by atoms with van der Waals surface area (Å²) in [5.74, 6) is -1.23. The number of ether oxygens (including phenoxy) is 2. The smallest absolute Gasteiger partial charge is 0.414 e. The molecule has 15 heteroatoms. The Kier molecular flexibility index (Phi) is 8.12. The number of fused-ring (bicyclic) bond motifs is 1. The number of anilines is 2. The molecule has 0 aliphatic carbocycles. The second-order valence-electron chi connectivity index (χ2n) is 9.37. The van der Waals surface area contributed by atoms with Crippen molar-refractivity contribution >= 4 is 41.0 Å². The molecule has 2 aromatic heterocycles. The number of cyclic esters (lactones) is 1. The molecule has 1 aromatic carbocycles. The van der Waals surface area contributed by atoms with Gasteiger partial charge in [-0.1, -0.05) is 0 Å². The number of hydrogen-bond donors (Lipinski definition) is 2. The van der Waals surface area contributed by atoms with E-state index in [2.05, 4.69) is 20.6 Å². The number of alkyl carbamates (subject to hydrolysis) is 1. The third kappa shape index (κ3) is 6.28. The van der Waals surface area contributed by atoms with Crippen LogP contribution in [0.4, 0.5) is 25.4 Å². The van der Waals surface area contributed by atoms with Crippen LogP contribution in [-0.2, 0) is 14.3 Å². The minimum atomic E-state index is -0.634. The summed E-state index contributed by atoms with van der Waals surface area (Å²) < 4.78 is 26.8. The Bertz CT molecular complexity index is 1420. The number of nitrogens with zero attached hydrogens (tertiary/aromatic N) is 6. The number of imidazole rings is 1. The second kappa shape index (κ2) is 12.1. The summed E-state index contributed by atoms with van der Waals surface area (Å²) in [4.78, 5) is 61.8. The van der Waals surface area contributed by atoms with E-state index in [4.69, 9.17) is 9.47 Å². The number of hydrogen-bond acceptors (Lipinski definition) is 9. The predicted molar refractivity (Wildman–Crippen MR) is 143 cm³/mol. The Morgan fingerprint density at radius 1 is 1.17 bits per heavy atom. The number of aromatic nitrogens is 3. The molecule has 0 saturated carbocycles. The Balaban J connectivity index is 1.10. The lowest BCUT2D eigenvalue weighted by Gasteiger charge is -2.36. The third-order valence-corrected chi connectivity index (χ3v) is 6.74. The Labute approximate surface area is 234 Å². The van der Waals surface area contributed by atoms with Gasteiger partial charge < -0.3 is 34.3 Å². The van der Waals surface area contributed by atoms with E-state index in [9.17, 15) is 19.2 Å². The van der Waals surface area contributed by atoms with Crippen LogP contribution in [0.1, 0.15) is 17.4 Å². The van der Waals surface area contributed by atoms with Crippen molar-refractivity contribution in [2.75, 3.05) is 62.2 Å². The zero-order chi connectivity index (χ0) is 28.9. The molecule has 2 aliphatic rings. The second-order valence-corrected chi connectivity index (χ2v) is 9.37. The minimum Gasteiger partial charge on any atom is -0.450 e. The highest BCUT2D eigenvalue weighted by atomic mass is 19.1.